The molecule has 0 aliphatic carbocycles. The van der Waals surface area contributed by atoms with E-state index in [-0.39, 0.29) is 17.0 Å². The van der Waals surface area contributed by atoms with E-state index < -0.39 is 5.97 Å². The van der Waals surface area contributed by atoms with Crippen LogP contribution in [0.3, 0.4) is 0 Å². The van der Waals surface area contributed by atoms with Crippen LogP contribution in [0.5, 0.6) is 0 Å². The Balaban J connectivity index is 1.78. The number of rotatable bonds is 5. The van der Waals surface area contributed by atoms with Crippen LogP contribution in [-0.2, 0) is 4.74 Å². The van der Waals surface area contributed by atoms with E-state index in [1.807, 2.05) is 13.8 Å². The van der Waals surface area contributed by atoms with E-state index in [1.165, 1.54) is 0 Å². The summed E-state index contributed by atoms with van der Waals surface area (Å²) in [5.74, 6) is -0.267. The molecule has 1 aliphatic heterocycles. The quantitative estimate of drug-likeness (QED) is 0.596. The van der Waals surface area contributed by atoms with Crippen molar-refractivity contribution < 1.29 is 14.6 Å². The summed E-state index contributed by atoms with van der Waals surface area (Å²) in [6, 6.07) is 9.81. The Kier molecular flexibility index (Phi) is 5.41. The zero-order valence-corrected chi connectivity index (χ0v) is 16.9. The van der Waals surface area contributed by atoms with Crippen LogP contribution in [0.4, 0.5) is 11.5 Å². The number of aromatic nitrogens is 2. The van der Waals surface area contributed by atoms with Crippen molar-refractivity contribution in [3.8, 4) is 0 Å². The molecule has 1 atom stereocenters. The summed E-state index contributed by atoms with van der Waals surface area (Å²) in [6.45, 7) is 6.38. The molecular formula is C22H24N4O4. The minimum atomic E-state index is -1.00. The first kappa shape index (κ1) is 19.9. The minimum Gasteiger partial charge on any atom is -0.478 e. The molecule has 1 unspecified atom stereocenters. The first-order valence-corrected chi connectivity index (χ1v) is 9.90. The van der Waals surface area contributed by atoms with Crippen LogP contribution < -0.4 is 15.6 Å². The number of carboxylic acids is 1. The third-order valence-electron chi connectivity index (χ3n) is 5.25. The van der Waals surface area contributed by atoms with Gasteiger partial charge in [-0.1, -0.05) is 12.1 Å². The highest BCUT2D eigenvalue weighted by atomic mass is 16.5. The molecular weight excluding hydrogens is 384 g/mol. The van der Waals surface area contributed by atoms with Crippen LogP contribution in [0.25, 0.3) is 10.9 Å². The van der Waals surface area contributed by atoms with Crippen molar-refractivity contribution in [2.24, 2.45) is 0 Å². The van der Waals surface area contributed by atoms with Crippen LogP contribution in [0.15, 0.2) is 41.2 Å². The number of fused-ring (bicyclic) bond motifs is 1. The molecule has 0 radical (unpaired) electrons. The number of nitrogens with zero attached hydrogens (tertiary/aromatic N) is 2. The number of anilines is 2. The SMILES string of the molecule is Cc1cc2c(=O)cc(N3CCOCC3)[nH]c2c(C(C)Nc2ccccc2C(=O)O)n1. The maximum absolute atomic E-state index is 12.9. The Morgan fingerprint density at radius 2 is 2.00 bits per heavy atom. The maximum Gasteiger partial charge on any atom is 0.337 e. The van der Waals surface area contributed by atoms with E-state index in [4.69, 9.17) is 4.74 Å². The largest absolute Gasteiger partial charge is 0.478 e. The summed E-state index contributed by atoms with van der Waals surface area (Å²) >= 11 is 0. The lowest BCUT2D eigenvalue weighted by atomic mass is 10.1. The molecule has 2 aromatic heterocycles. The van der Waals surface area contributed by atoms with Gasteiger partial charge >= 0.3 is 5.97 Å². The van der Waals surface area contributed by atoms with Gasteiger partial charge in [-0.3, -0.25) is 9.78 Å². The fourth-order valence-corrected chi connectivity index (χ4v) is 3.77. The second-order valence-electron chi connectivity index (χ2n) is 7.41. The molecule has 1 aromatic carbocycles. The molecule has 1 saturated heterocycles. The minimum absolute atomic E-state index is 0.0740. The summed E-state index contributed by atoms with van der Waals surface area (Å²) in [7, 11) is 0. The van der Waals surface area contributed by atoms with Gasteiger partial charge in [-0.15, -0.1) is 0 Å². The molecule has 30 heavy (non-hydrogen) atoms. The number of H-pyrrole nitrogens is 1. The number of ether oxygens (including phenoxy) is 1. The molecule has 8 nitrogen and oxygen atoms in total. The topological polar surface area (TPSA) is 108 Å². The second-order valence-corrected chi connectivity index (χ2v) is 7.41. The lowest BCUT2D eigenvalue weighted by molar-refractivity contribution is 0.0698. The number of hydrogen-bond acceptors (Lipinski definition) is 6. The number of aromatic carboxylic acids is 1. The standard InChI is InChI=1S/C22H24N4O4/c1-13-11-16-18(27)12-19(26-7-9-30-10-8-26)25-21(16)20(23-13)14(2)24-17-6-4-3-5-15(17)22(28)29/h3-6,11-12,14,24H,7-10H2,1-2H3,(H,25,27)(H,28,29). The van der Waals surface area contributed by atoms with Gasteiger partial charge in [0.25, 0.3) is 0 Å². The molecule has 3 aromatic rings. The van der Waals surface area contributed by atoms with E-state index in [1.54, 1.807) is 36.4 Å². The molecule has 0 spiro atoms. The Bertz CT molecular complexity index is 1150. The second kappa shape index (κ2) is 8.16. The maximum atomic E-state index is 12.9. The Morgan fingerprint density at radius 3 is 2.73 bits per heavy atom. The molecule has 3 heterocycles. The summed E-state index contributed by atoms with van der Waals surface area (Å²) in [5, 5.41) is 13.3. The fraction of sp³-hybridized carbons (Fsp3) is 0.318. The molecule has 4 rings (SSSR count). The van der Waals surface area contributed by atoms with Gasteiger partial charge in [0.15, 0.2) is 5.43 Å². The van der Waals surface area contributed by atoms with Crippen LogP contribution >= 0.6 is 0 Å². The molecule has 8 heteroatoms. The third kappa shape index (κ3) is 3.86. The van der Waals surface area contributed by atoms with Gasteiger partial charge in [-0.25, -0.2) is 4.79 Å². The molecule has 0 saturated carbocycles. The number of nitrogens with one attached hydrogen (secondary N) is 2. The lowest BCUT2D eigenvalue weighted by Crippen LogP contribution is -2.37. The number of carbonyl (C=O) groups is 1. The van der Waals surface area contributed by atoms with Gasteiger partial charge in [-0.05, 0) is 32.0 Å². The number of carboxylic acid groups (broad SMARTS) is 1. The molecule has 1 aliphatic rings. The zero-order valence-electron chi connectivity index (χ0n) is 16.9. The van der Waals surface area contributed by atoms with E-state index in [0.717, 1.165) is 11.5 Å². The normalized spacial score (nSPS) is 15.2. The Labute approximate surface area is 173 Å². The van der Waals surface area contributed by atoms with Crippen molar-refractivity contribution in [2.45, 2.75) is 19.9 Å². The van der Waals surface area contributed by atoms with Gasteiger partial charge in [-0.2, -0.15) is 0 Å². The molecule has 0 amide bonds. The first-order valence-electron chi connectivity index (χ1n) is 9.90. The van der Waals surface area contributed by atoms with Gasteiger partial charge in [0.1, 0.15) is 5.82 Å². The number of hydrogen-bond donors (Lipinski definition) is 3. The molecule has 0 bridgehead atoms. The van der Waals surface area contributed by atoms with Crippen LogP contribution in [0.1, 0.15) is 34.7 Å². The number of pyridine rings is 2. The van der Waals surface area contributed by atoms with Gasteiger partial charge in [0, 0.05) is 35.9 Å². The summed E-state index contributed by atoms with van der Waals surface area (Å²) < 4.78 is 5.41. The van der Waals surface area contributed by atoms with E-state index in [2.05, 4.69) is 20.2 Å². The van der Waals surface area contributed by atoms with Gasteiger partial charge in [0.05, 0.1) is 36.0 Å². The monoisotopic (exact) mass is 408 g/mol. The van der Waals surface area contributed by atoms with Crippen molar-refractivity contribution in [2.75, 3.05) is 36.5 Å². The van der Waals surface area contributed by atoms with Crippen molar-refractivity contribution >= 4 is 28.4 Å². The van der Waals surface area contributed by atoms with Crippen molar-refractivity contribution in [1.29, 1.82) is 0 Å². The van der Waals surface area contributed by atoms with E-state index in [0.29, 0.717) is 48.6 Å². The highest BCUT2D eigenvalue weighted by molar-refractivity contribution is 5.94. The van der Waals surface area contributed by atoms with Crippen LogP contribution in [0, 0.1) is 6.92 Å². The average molecular weight is 408 g/mol. The number of benzene rings is 1. The third-order valence-corrected chi connectivity index (χ3v) is 5.25. The highest BCUT2D eigenvalue weighted by Crippen LogP contribution is 2.27. The smallest absolute Gasteiger partial charge is 0.337 e. The number of aryl methyl sites for hydroxylation is 1. The first-order chi connectivity index (χ1) is 14.4. The lowest BCUT2D eigenvalue weighted by Gasteiger charge is -2.29. The summed E-state index contributed by atoms with van der Waals surface area (Å²) in [6.07, 6.45) is 0. The fourth-order valence-electron chi connectivity index (χ4n) is 3.77. The Morgan fingerprint density at radius 1 is 1.27 bits per heavy atom. The highest BCUT2D eigenvalue weighted by Gasteiger charge is 2.19. The van der Waals surface area contributed by atoms with E-state index >= 15 is 0 Å². The Hall–Kier alpha value is -3.39. The van der Waals surface area contributed by atoms with Crippen molar-refractivity contribution in [3.05, 3.63) is 63.6 Å². The van der Waals surface area contributed by atoms with Crippen LogP contribution in [0.2, 0.25) is 0 Å². The molecule has 156 valence electrons. The predicted octanol–water partition coefficient (Wildman–Crippen LogP) is 2.94. The molecule has 3 N–H and O–H groups in total. The van der Waals surface area contributed by atoms with Gasteiger partial charge < -0.3 is 25.0 Å². The predicted molar refractivity (Wildman–Crippen MR) is 116 cm³/mol. The number of para-hydroxylation sites is 1. The summed E-state index contributed by atoms with van der Waals surface area (Å²) in [5.41, 5.74) is 2.65. The van der Waals surface area contributed by atoms with E-state index in [9.17, 15) is 14.7 Å². The number of aromatic amines is 1. The molecule has 1 fully saturated rings. The van der Waals surface area contributed by atoms with Crippen LogP contribution in [-0.4, -0.2) is 47.3 Å². The number of morpholine rings is 1. The zero-order chi connectivity index (χ0) is 21.3. The van der Waals surface area contributed by atoms with Crippen molar-refractivity contribution in [1.82, 2.24) is 9.97 Å². The van der Waals surface area contributed by atoms with Gasteiger partial charge in [0.2, 0.25) is 0 Å². The van der Waals surface area contributed by atoms with Crippen molar-refractivity contribution in [3.63, 3.8) is 0 Å². The average Bonchev–Trinajstić information content (AvgIpc) is 2.74. The summed E-state index contributed by atoms with van der Waals surface area (Å²) in [4.78, 5) is 34.6.